The second-order valence-electron chi connectivity index (χ2n) is 4.76. The maximum absolute atomic E-state index is 12.2. The van der Waals surface area contributed by atoms with Crippen molar-refractivity contribution in [2.75, 3.05) is 5.73 Å². The Morgan fingerprint density at radius 1 is 1.40 bits per heavy atom. The van der Waals surface area contributed by atoms with Gasteiger partial charge in [-0.15, -0.1) is 0 Å². The van der Waals surface area contributed by atoms with Gasteiger partial charge in [0.05, 0.1) is 11.4 Å². The Morgan fingerprint density at radius 2 is 2.15 bits per heavy atom. The molecule has 0 fully saturated rings. The normalized spacial score (nSPS) is 10.8. The molecule has 0 radical (unpaired) electrons. The monoisotopic (exact) mass is 275 g/mol. The Kier molecular flexibility index (Phi) is 4.12. The van der Waals surface area contributed by atoms with Crippen LogP contribution in [-0.4, -0.2) is 20.3 Å². The molecule has 1 amide bonds. The van der Waals surface area contributed by atoms with E-state index in [-0.39, 0.29) is 5.91 Å². The summed E-state index contributed by atoms with van der Waals surface area (Å²) in [7, 11) is 1.88. The maximum atomic E-state index is 12.2. The van der Waals surface area contributed by atoms with Crippen molar-refractivity contribution >= 4 is 11.6 Å². The van der Waals surface area contributed by atoms with E-state index >= 15 is 0 Å². The lowest BCUT2D eigenvalue weighted by atomic mass is 10.2. The van der Waals surface area contributed by atoms with E-state index in [1.54, 1.807) is 16.9 Å². The van der Waals surface area contributed by atoms with Gasteiger partial charge in [-0.05, 0) is 19.4 Å². The highest BCUT2D eigenvalue weighted by Crippen LogP contribution is 2.11. The second kappa shape index (κ2) is 5.81. The molecule has 0 aliphatic carbocycles. The molecule has 6 heteroatoms. The molecule has 0 aromatic carbocycles. The molecule has 0 aliphatic heterocycles. The van der Waals surface area contributed by atoms with Gasteiger partial charge in [0.1, 0.15) is 5.69 Å². The van der Waals surface area contributed by atoms with Crippen molar-refractivity contribution in [2.24, 2.45) is 7.05 Å². The van der Waals surface area contributed by atoms with E-state index in [1.807, 2.05) is 24.7 Å². The fraction of sp³-hybridized carbons (Fsp3) is 0.429. The first-order chi connectivity index (χ1) is 9.55. The zero-order chi connectivity index (χ0) is 14.7. The fourth-order valence-corrected chi connectivity index (χ4v) is 2.28. The molecule has 3 N–H and O–H groups in total. The average Bonchev–Trinajstić information content (AvgIpc) is 2.98. The number of nitrogens with two attached hydrogens (primary N) is 1. The Morgan fingerprint density at radius 3 is 2.80 bits per heavy atom. The number of carbonyl (C=O) groups excluding carboxylic acids is 1. The summed E-state index contributed by atoms with van der Waals surface area (Å²) in [5, 5.41) is 7.28. The van der Waals surface area contributed by atoms with Crippen LogP contribution >= 0.6 is 0 Å². The highest BCUT2D eigenvalue weighted by Gasteiger charge is 2.13. The van der Waals surface area contributed by atoms with Crippen molar-refractivity contribution in [3.8, 4) is 0 Å². The van der Waals surface area contributed by atoms with Gasteiger partial charge in [-0.2, -0.15) is 5.10 Å². The molecule has 2 heterocycles. The van der Waals surface area contributed by atoms with E-state index in [2.05, 4.69) is 17.3 Å². The first-order valence-electron chi connectivity index (χ1n) is 6.80. The predicted octanol–water partition coefficient (Wildman–Crippen LogP) is 1.32. The third-order valence-electron chi connectivity index (χ3n) is 3.26. The van der Waals surface area contributed by atoms with Crippen molar-refractivity contribution in [3.05, 3.63) is 35.4 Å². The summed E-state index contributed by atoms with van der Waals surface area (Å²) in [6, 6.07) is 1.70. The van der Waals surface area contributed by atoms with E-state index in [0.717, 1.165) is 17.7 Å². The van der Waals surface area contributed by atoms with Gasteiger partial charge in [0, 0.05) is 38.1 Å². The Balaban J connectivity index is 2.08. The minimum absolute atomic E-state index is 0.116. The minimum atomic E-state index is -0.116. The van der Waals surface area contributed by atoms with Gasteiger partial charge in [-0.25, -0.2) is 0 Å². The van der Waals surface area contributed by atoms with Crippen molar-refractivity contribution in [2.45, 2.75) is 33.4 Å². The molecule has 20 heavy (non-hydrogen) atoms. The zero-order valence-corrected chi connectivity index (χ0v) is 12.2. The number of nitrogen functional groups attached to an aromatic ring is 1. The quantitative estimate of drug-likeness (QED) is 0.863. The third kappa shape index (κ3) is 2.84. The van der Waals surface area contributed by atoms with Crippen LogP contribution in [0.1, 0.15) is 35.6 Å². The zero-order valence-electron chi connectivity index (χ0n) is 12.2. The Hall–Kier alpha value is -2.24. The van der Waals surface area contributed by atoms with Gasteiger partial charge in [0.25, 0.3) is 5.91 Å². The molecule has 0 saturated carbocycles. The first kappa shape index (κ1) is 14.2. The molecule has 108 valence electrons. The van der Waals surface area contributed by atoms with Crippen LogP contribution < -0.4 is 11.1 Å². The van der Waals surface area contributed by atoms with Crippen LogP contribution in [0.3, 0.4) is 0 Å². The van der Waals surface area contributed by atoms with Crippen LogP contribution in [-0.2, 0) is 26.6 Å². The number of nitrogens with one attached hydrogen (secondary N) is 1. The molecule has 0 atom stereocenters. The highest BCUT2D eigenvalue weighted by molar-refractivity contribution is 5.93. The van der Waals surface area contributed by atoms with Crippen molar-refractivity contribution in [3.63, 3.8) is 0 Å². The number of hydrogen-bond donors (Lipinski definition) is 2. The molecule has 0 unspecified atom stereocenters. The van der Waals surface area contributed by atoms with Gasteiger partial charge in [0.15, 0.2) is 0 Å². The van der Waals surface area contributed by atoms with E-state index in [9.17, 15) is 4.79 Å². The number of nitrogens with zero attached hydrogens (tertiary/aromatic N) is 3. The molecule has 0 bridgehead atoms. The SMILES string of the molecule is CCc1nn(C)cc1CNC(=O)c1cc(N)cn1CC. The smallest absolute Gasteiger partial charge is 0.268 e. The molecule has 0 aliphatic rings. The minimum Gasteiger partial charge on any atom is -0.397 e. The number of hydrogen-bond acceptors (Lipinski definition) is 3. The first-order valence-corrected chi connectivity index (χ1v) is 6.80. The van der Waals surface area contributed by atoms with Crippen molar-refractivity contribution in [1.29, 1.82) is 0 Å². The number of anilines is 1. The number of aromatic nitrogens is 3. The highest BCUT2D eigenvalue weighted by atomic mass is 16.1. The predicted molar refractivity (Wildman–Crippen MR) is 78.3 cm³/mol. The standard InChI is InChI=1S/C14H21N5O/c1-4-12-10(8-18(3)17-12)7-16-14(20)13-6-11(15)9-19(13)5-2/h6,8-9H,4-5,7,15H2,1-3H3,(H,16,20). The summed E-state index contributed by atoms with van der Waals surface area (Å²) >= 11 is 0. The molecular weight excluding hydrogens is 254 g/mol. The van der Waals surface area contributed by atoms with Crippen LogP contribution in [0.4, 0.5) is 5.69 Å². The van der Waals surface area contributed by atoms with Crippen LogP contribution in [0.2, 0.25) is 0 Å². The maximum Gasteiger partial charge on any atom is 0.268 e. The largest absolute Gasteiger partial charge is 0.397 e. The molecule has 0 saturated heterocycles. The fourth-order valence-electron chi connectivity index (χ4n) is 2.28. The molecule has 0 spiro atoms. The van der Waals surface area contributed by atoms with E-state index in [4.69, 9.17) is 5.73 Å². The van der Waals surface area contributed by atoms with Gasteiger partial charge in [0.2, 0.25) is 0 Å². The van der Waals surface area contributed by atoms with E-state index in [0.29, 0.717) is 24.5 Å². The molecular formula is C14H21N5O. The average molecular weight is 275 g/mol. The second-order valence-corrected chi connectivity index (χ2v) is 4.76. The molecule has 2 rings (SSSR count). The van der Waals surface area contributed by atoms with E-state index in [1.165, 1.54) is 0 Å². The summed E-state index contributed by atoms with van der Waals surface area (Å²) in [6.07, 6.45) is 4.56. The van der Waals surface area contributed by atoms with Gasteiger partial charge in [-0.3, -0.25) is 9.48 Å². The van der Waals surface area contributed by atoms with Crippen LogP contribution in [0, 0.1) is 0 Å². The van der Waals surface area contributed by atoms with Gasteiger partial charge >= 0.3 is 0 Å². The van der Waals surface area contributed by atoms with Crippen LogP contribution in [0.15, 0.2) is 18.5 Å². The van der Waals surface area contributed by atoms with Crippen LogP contribution in [0.5, 0.6) is 0 Å². The number of carbonyl (C=O) groups is 1. The molecule has 2 aromatic heterocycles. The summed E-state index contributed by atoms with van der Waals surface area (Å²) in [4.78, 5) is 12.2. The number of aryl methyl sites for hydroxylation is 3. The summed E-state index contributed by atoms with van der Waals surface area (Å²) < 4.78 is 3.61. The topological polar surface area (TPSA) is 77.9 Å². The summed E-state index contributed by atoms with van der Waals surface area (Å²) in [5.41, 5.74) is 8.99. The number of amides is 1. The lowest BCUT2D eigenvalue weighted by Crippen LogP contribution is -2.25. The summed E-state index contributed by atoms with van der Waals surface area (Å²) in [6.45, 7) is 5.22. The van der Waals surface area contributed by atoms with Crippen molar-refractivity contribution in [1.82, 2.24) is 19.7 Å². The Labute approximate surface area is 118 Å². The Bertz CT molecular complexity index is 611. The van der Waals surface area contributed by atoms with Crippen LogP contribution in [0.25, 0.3) is 0 Å². The summed E-state index contributed by atoms with van der Waals surface area (Å²) in [5.74, 6) is -0.116. The molecule has 6 nitrogen and oxygen atoms in total. The van der Waals surface area contributed by atoms with Crippen molar-refractivity contribution < 1.29 is 4.79 Å². The lowest BCUT2D eigenvalue weighted by Gasteiger charge is -2.07. The van der Waals surface area contributed by atoms with E-state index < -0.39 is 0 Å². The van der Waals surface area contributed by atoms with Gasteiger partial charge in [-0.1, -0.05) is 6.92 Å². The molecule has 2 aromatic rings. The third-order valence-corrected chi connectivity index (χ3v) is 3.26. The van der Waals surface area contributed by atoms with Gasteiger partial charge < -0.3 is 15.6 Å². The number of rotatable bonds is 5. The lowest BCUT2D eigenvalue weighted by molar-refractivity contribution is 0.0941.